The number of imide groups is 1. The standard InChI is InChI=1S/C15H16N2O5/c1-21-10-4-2-3-9(7-10)12-8-17(15(20)22-12)11-5-6-13(18)16-14(11)19/h2-4,7,11-12H,5-6,8H2,1H3,(H,16,18,19). The van der Waals surface area contributed by atoms with Crippen molar-refractivity contribution in [2.45, 2.75) is 25.0 Å². The summed E-state index contributed by atoms with van der Waals surface area (Å²) >= 11 is 0. The molecule has 2 unspecified atom stereocenters. The molecule has 22 heavy (non-hydrogen) atoms. The number of rotatable bonds is 3. The molecule has 2 saturated heterocycles. The summed E-state index contributed by atoms with van der Waals surface area (Å²) in [6, 6.07) is 6.61. The van der Waals surface area contributed by atoms with Gasteiger partial charge in [0, 0.05) is 6.42 Å². The third kappa shape index (κ3) is 2.61. The van der Waals surface area contributed by atoms with Crippen molar-refractivity contribution >= 4 is 17.9 Å². The van der Waals surface area contributed by atoms with Gasteiger partial charge in [0.05, 0.1) is 13.7 Å². The molecule has 2 heterocycles. The van der Waals surface area contributed by atoms with Crippen molar-refractivity contribution in [2.75, 3.05) is 13.7 Å². The minimum Gasteiger partial charge on any atom is -0.497 e. The van der Waals surface area contributed by atoms with Crippen LogP contribution in [0.2, 0.25) is 0 Å². The zero-order valence-electron chi connectivity index (χ0n) is 12.1. The van der Waals surface area contributed by atoms with Crippen molar-refractivity contribution in [1.82, 2.24) is 10.2 Å². The van der Waals surface area contributed by atoms with Gasteiger partial charge < -0.3 is 9.47 Å². The van der Waals surface area contributed by atoms with Crippen molar-refractivity contribution in [3.8, 4) is 5.75 Å². The van der Waals surface area contributed by atoms with Gasteiger partial charge in [0.25, 0.3) is 0 Å². The number of nitrogens with one attached hydrogen (secondary N) is 1. The number of hydrogen-bond acceptors (Lipinski definition) is 5. The molecular weight excluding hydrogens is 288 g/mol. The summed E-state index contributed by atoms with van der Waals surface area (Å²) in [5.41, 5.74) is 0.808. The molecular formula is C15H16N2O5. The Labute approximate surface area is 127 Å². The van der Waals surface area contributed by atoms with E-state index in [1.54, 1.807) is 19.2 Å². The summed E-state index contributed by atoms with van der Waals surface area (Å²) in [4.78, 5) is 36.5. The highest BCUT2D eigenvalue weighted by molar-refractivity contribution is 6.01. The minimum atomic E-state index is -0.652. The Morgan fingerprint density at radius 3 is 2.86 bits per heavy atom. The quantitative estimate of drug-likeness (QED) is 0.842. The van der Waals surface area contributed by atoms with Gasteiger partial charge in [-0.2, -0.15) is 0 Å². The summed E-state index contributed by atoms with van der Waals surface area (Å²) < 4.78 is 10.5. The highest BCUT2D eigenvalue weighted by Gasteiger charge is 2.41. The van der Waals surface area contributed by atoms with Gasteiger partial charge >= 0.3 is 6.09 Å². The smallest absolute Gasteiger partial charge is 0.411 e. The molecule has 2 aliphatic rings. The monoisotopic (exact) mass is 304 g/mol. The number of benzene rings is 1. The molecule has 2 fully saturated rings. The summed E-state index contributed by atoms with van der Waals surface area (Å²) in [7, 11) is 1.56. The van der Waals surface area contributed by atoms with Crippen LogP contribution in [0.5, 0.6) is 5.75 Å². The average molecular weight is 304 g/mol. The molecule has 7 heteroatoms. The van der Waals surface area contributed by atoms with Crippen molar-refractivity contribution < 1.29 is 23.9 Å². The van der Waals surface area contributed by atoms with Crippen LogP contribution in [0.3, 0.4) is 0 Å². The first-order valence-electron chi connectivity index (χ1n) is 7.03. The van der Waals surface area contributed by atoms with Gasteiger partial charge in [-0.25, -0.2) is 4.79 Å². The summed E-state index contributed by atoms with van der Waals surface area (Å²) in [5.74, 6) is -0.0781. The van der Waals surface area contributed by atoms with Crippen molar-refractivity contribution in [3.05, 3.63) is 29.8 Å². The van der Waals surface area contributed by atoms with E-state index in [2.05, 4.69) is 5.32 Å². The summed E-state index contributed by atoms with van der Waals surface area (Å²) in [6.45, 7) is 0.276. The Morgan fingerprint density at radius 1 is 1.32 bits per heavy atom. The van der Waals surface area contributed by atoms with Crippen LogP contribution in [-0.4, -0.2) is 42.5 Å². The van der Waals surface area contributed by atoms with Gasteiger partial charge in [0.1, 0.15) is 17.9 Å². The van der Waals surface area contributed by atoms with E-state index < -0.39 is 24.1 Å². The van der Waals surface area contributed by atoms with Gasteiger partial charge in [0.15, 0.2) is 0 Å². The lowest BCUT2D eigenvalue weighted by Gasteiger charge is -2.27. The van der Waals surface area contributed by atoms with E-state index in [4.69, 9.17) is 9.47 Å². The molecule has 0 radical (unpaired) electrons. The van der Waals surface area contributed by atoms with Gasteiger partial charge in [-0.3, -0.25) is 19.8 Å². The summed E-state index contributed by atoms with van der Waals surface area (Å²) in [5, 5.41) is 2.25. The average Bonchev–Trinajstić information content (AvgIpc) is 2.89. The normalized spacial score (nSPS) is 25.0. The molecule has 1 N–H and O–H groups in total. The van der Waals surface area contributed by atoms with E-state index >= 15 is 0 Å². The van der Waals surface area contributed by atoms with Gasteiger partial charge in [0.2, 0.25) is 11.8 Å². The van der Waals surface area contributed by atoms with E-state index in [0.717, 1.165) is 5.56 Å². The molecule has 116 valence electrons. The fraction of sp³-hybridized carbons (Fsp3) is 0.400. The third-order valence-electron chi connectivity index (χ3n) is 3.89. The Bertz CT molecular complexity index is 630. The molecule has 1 aromatic carbocycles. The van der Waals surface area contributed by atoms with Crippen molar-refractivity contribution in [3.63, 3.8) is 0 Å². The second kappa shape index (κ2) is 5.67. The molecule has 0 saturated carbocycles. The number of carbonyl (C=O) groups excluding carboxylic acids is 3. The molecule has 0 aromatic heterocycles. The first kappa shape index (κ1) is 14.4. The van der Waals surface area contributed by atoms with Gasteiger partial charge in [-0.05, 0) is 24.1 Å². The SMILES string of the molecule is COc1cccc(C2CN(C3CCC(=O)NC3=O)C(=O)O2)c1. The Morgan fingerprint density at radius 2 is 2.14 bits per heavy atom. The molecule has 2 atom stereocenters. The van der Waals surface area contributed by atoms with E-state index in [9.17, 15) is 14.4 Å². The number of ether oxygens (including phenoxy) is 2. The zero-order valence-corrected chi connectivity index (χ0v) is 12.1. The van der Waals surface area contributed by atoms with Gasteiger partial charge in [-0.1, -0.05) is 12.1 Å². The maximum atomic E-state index is 12.0. The largest absolute Gasteiger partial charge is 0.497 e. The van der Waals surface area contributed by atoms with E-state index in [1.165, 1.54) is 4.90 Å². The number of hydrogen-bond donors (Lipinski definition) is 1. The second-order valence-corrected chi connectivity index (χ2v) is 5.27. The molecule has 3 amide bonds. The maximum Gasteiger partial charge on any atom is 0.411 e. The molecule has 0 bridgehead atoms. The highest BCUT2D eigenvalue weighted by Crippen LogP contribution is 2.30. The maximum absolute atomic E-state index is 12.0. The molecule has 0 spiro atoms. The number of nitrogens with zero attached hydrogens (tertiary/aromatic N) is 1. The third-order valence-corrected chi connectivity index (χ3v) is 3.89. The first-order chi connectivity index (χ1) is 10.6. The Balaban J connectivity index is 1.75. The van der Waals surface area contributed by atoms with Crippen LogP contribution in [-0.2, 0) is 14.3 Å². The molecule has 3 rings (SSSR count). The van der Waals surface area contributed by atoms with E-state index in [1.807, 2.05) is 12.1 Å². The number of cyclic esters (lactones) is 1. The van der Waals surface area contributed by atoms with Crippen LogP contribution in [0.25, 0.3) is 0 Å². The van der Waals surface area contributed by atoms with Crippen LogP contribution < -0.4 is 10.1 Å². The lowest BCUT2D eigenvalue weighted by molar-refractivity contribution is -0.136. The minimum absolute atomic E-state index is 0.226. The highest BCUT2D eigenvalue weighted by atomic mass is 16.6. The number of methoxy groups -OCH3 is 1. The zero-order chi connectivity index (χ0) is 15.7. The lowest BCUT2D eigenvalue weighted by Crippen LogP contribution is -2.52. The summed E-state index contributed by atoms with van der Waals surface area (Å²) in [6.07, 6.45) is -0.440. The first-order valence-corrected chi connectivity index (χ1v) is 7.03. The predicted molar refractivity (Wildman–Crippen MR) is 75.1 cm³/mol. The van der Waals surface area contributed by atoms with Crippen LogP contribution in [0.15, 0.2) is 24.3 Å². The predicted octanol–water partition coefficient (Wildman–Crippen LogP) is 0.994. The molecule has 1 aromatic rings. The van der Waals surface area contributed by atoms with Crippen LogP contribution in [0.4, 0.5) is 4.79 Å². The number of amides is 3. The van der Waals surface area contributed by atoms with Crippen molar-refractivity contribution in [1.29, 1.82) is 0 Å². The van der Waals surface area contributed by atoms with Gasteiger partial charge in [-0.15, -0.1) is 0 Å². The van der Waals surface area contributed by atoms with Crippen LogP contribution in [0.1, 0.15) is 24.5 Å². The van der Waals surface area contributed by atoms with E-state index in [0.29, 0.717) is 12.2 Å². The Hall–Kier alpha value is -2.57. The Kier molecular flexibility index (Phi) is 3.70. The topological polar surface area (TPSA) is 84.9 Å². The van der Waals surface area contributed by atoms with Crippen LogP contribution in [0, 0.1) is 0 Å². The fourth-order valence-electron chi connectivity index (χ4n) is 2.73. The van der Waals surface area contributed by atoms with E-state index in [-0.39, 0.29) is 18.9 Å². The lowest BCUT2D eigenvalue weighted by atomic mass is 10.0. The molecule has 2 aliphatic heterocycles. The van der Waals surface area contributed by atoms with Crippen LogP contribution >= 0.6 is 0 Å². The second-order valence-electron chi connectivity index (χ2n) is 5.27. The van der Waals surface area contributed by atoms with Crippen molar-refractivity contribution in [2.24, 2.45) is 0 Å². The fourth-order valence-corrected chi connectivity index (χ4v) is 2.73. The number of carbonyl (C=O) groups is 3. The molecule has 7 nitrogen and oxygen atoms in total. The number of piperidine rings is 1. The molecule has 0 aliphatic carbocycles.